The van der Waals surface area contributed by atoms with Gasteiger partial charge in [-0.3, -0.25) is 9.58 Å². The van der Waals surface area contributed by atoms with E-state index in [2.05, 4.69) is 39.8 Å². The maximum Gasteiger partial charge on any atom is 0.0739 e. The van der Waals surface area contributed by atoms with Gasteiger partial charge >= 0.3 is 0 Å². The highest BCUT2D eigenvalue weighted by atomic mass is 79.9. The molecule has 3 nitrogen and oxygen atoms in total. The fourth-order valence-electron chi connectivity index (χ4n) is 2.41. The van der Waals surface area contributed by atoms with E-state index in [1.54, 1.807) is 0 Å². The van der Waals surface area contributed by atoms with Gasteiger partial charge in [0.05, 0.1) is 15.9 Å². The monoisotopic (exact) mass is 299 g/mol. The van der Waals surface area contributed by atoms with Crippen molar-refractivity contribution < 1.29 is 0 Å². The molecule has 0 amide bonds. The molecule has 0 radical (unpaired) electrons. The van der Waals surface area contributed by atoms with Gasteiger partial charge < -0.3 is 0 Å². The largest absolute Gasteiger partial charge is 0.297 e. The highest BCUT2D eigenvalue weighted by Gasteiger charge is 2.21. The van der Waals surface area contributed by atoms with Crippen LogP contribution in [0.4, 0.5) is 0 Å². The number of hydrogen-bond acceptors (Lipinski definition) is 2. The Morgan fingerprint density at radius 3 is 2.59 bits per heavy atom. The van der Waals surface area contributed by atoms with E-state index in [0.717, 1.165) is 24.7 Å². The molecule has 0 N–H and O–H groups in total. The molecule has 17 heavy (non-hydrogen) atoms. The molecule has 96 valence electrons. The Labute approximate surface area is 112 Å². The van der Waals surface area contributed by atoms with Crippen molar-refractivity contribution in [2.75, 3.05) is 13.1 Å². The number of aryl methyl sites for hydroxylation is 2. The zero-order valence-corrected chi connectivity index (χ0v) is 12.6. The van der Waals surface area contributed by atoms with E-state index in [1.807, 2.05) is 11.7 Å². The Balaban J connectivity index is 2.01. The maximum atomic E-state index is 4.45. The van der Waals surface area contributed by atoms with E-state index in [4.69, 9.17) is 0 Å². The van der Waals surface area contributed by atoms with Crippen LogP contribution in [0.1, 0.15) is 37.6 Å². The van der Waals surface area contributed by atoms with Crippen LogP contribution in [0.2, 0.25) is 0 Å². The number of halogens is 1. The average Bonchev–Trinajstić information content (AvgIpc) is 2.47. The normalized spacial score (nSPS) is 16.5. The lowest BCUT2D eigenvalue weighted by Crippen LogP contribution is -2.32. The molecule has 4 heteroatoms. The quantitative estimate of drug-likeness (QED) is 0.833. The Morgan fingerprint density at radius 1 is 1.47 bits per heavy atom. The third-order valence-corrected chi connectivity index (χ3v) is 4.85. The first-order valence-corrected chi connectivity index (χ1v) is 7.31. The van der Waals surface area contributed by atoms with Gasteiger partial charge in [-0.05, 0) is 48.2 Å². The predicted molar refractivity (Wildman–Crippen MR) is 73.9 cm³/mol. The van der Waals surface area contributed by atoms with E-state index in [1.165, 1.54) is 36.0 Å². The molecular formula is C13H22BrN3. The van der Waals surface area contributed by atoms with Crippen molar-refractivity contribution in [1.82, 2.24) is 14.7 Å². The number of hydrogen-bond donors (Lipinski definition) is 0. The third kappa shape index (κ3) is 2.91. The topological polar surface area (TPSA) is 21.1 Å². The molecule has 0 spiro atoms. The van der Waals surface area contributed by atoms with Crippen LogP contribution in [-0.4, -0.2) is 27.8 Å². The average molecular weight is 300 g/mol. The zero-order valence-electron chi connectivity index (χ0n) is 11.0. The van der Waals surface area contributed by atoms with Crippen molar-refractivity contribution in [3.8, 4) is 0 Å². The van der Waals surface area contributed by atoms with Gasteiger partial charge in [0.2, 0.25) is 0 Å². The minimum absolute atomic E-state index is 0.933. The smallest absolute Gasteiger partial charge is 0.0739 e. The summed E-state index contributed by atoms with van der Waals surface area (Å²) in [4.78, 5) is 2.53. The lowest BCUT2D eigenvalue weighted by atomic mass is 9.85. The fraction of sp³-hybridized carbons (Fsp3) is 0.769. The standard InChI is InChI=1S/C13H22BrN3/c1-4-17(8-11-6-5-7-11)9-12-13(14)10(2)15-16(12)3/h11H,4-9H2,1-3H3. The van der Waals surface area contributed by atoms with E-state index >= 15 is 0 Å². The molecule has 2 rings (SSSR count). The van der Waals surface area contributed by atoms with Crippen LogP contribution in [-0.2, 0) is 13.6 Å². The van der Waals surface area contributed by atoms with Crippen molar-refractivity contribution >= 4 is 15.9 Å². The van der Waals surface area contributed by atoms with Crippen molar-refractivity contribution in [3.63, 3.8) is 0 Å². The first kappa shape index (κ1) is 13.1. The highest BCUT2D eigenvalue weighted by Crippen LogP contribution is 2.28. The van der Waals surface area contributed by atoms with Gasteiger partial charge in [-0.15, -0.1) is 0 Å². The molecule has 0 saturated heterocycles. The predicted octanol–water partition coefficient (Wildman–Crippen LogP) is 3.11. The number of nitrogens with zero attached hydrogens (tertiary/aromatic N) is 3. The second-order valence-corrected chi connectivity index (χ2v) is 5.89. The minimum atomic E-state index is 0.933. The summed E-state index contributed by atoms with van der Waals surface area (Å²) in [5.74, 6) is 0.933. The van der Waals surface area contributed by atoms with E-state index in [9.17, 15) is 0 Å². The van der Waals surface area contributed by atoms with Gasteiger partial charge in [0, 0.05) is 20.1 Å². The summed E-state index contributed by atoms with van der Waals surface area (Å²) in [5, 5.41) is 4.45. The van der Waals surface area contributed by atoms with Gasteiger partial charge in [0.15, 0.2) is 0 Å². The van der Waals surface area contributed by atoms with Crippen molar-refractivity contribution in [1.29, 1.82) is 0 Å². The fourth-order valence-corrected chi connectivity index (χ4v) is 2.87. The van der Waals surface area contributed by atoms with Gasteiger partial charge in [0.1, 0.15) is 0 Å². The molecule has 0 unspecified atom stereocenters. The molecule has 1 aromatic heterocycles. The van der Waals surface area contributed by atoms with Gasteiger partial charge in [0.25, 0.3) is 0 Å². The molecule has 0 aromatic carbocycles. The lowest BCUT2D eigenvalue weighted by Gasteiger charge is -2.31. The van der Waals surface area contributed by atoms with Crippen molar-refractivity contribution in [2.24, 2.45) is 13.0 Å². The van der Waals surface area contributed by atoms with Crippen LogP contribution in [0.3, 0.4) is 0 Å². The maximum absolute atomic E-state index is 4.45. The molecule has 1 aliphatic carbocycles. The van der Waals surface area contributed by atoms with E-state index < -0.39 is 0 Å². The molecule has 1 aromatic rings. The van der Waals surface area contributed by atoms with Crippen molar-refractivity contribution in [2.45, 2.75) is 39.7 Å². The molecular weight excluding hydrogens is 278 g/mol. The first-order chi connectivity index (χ1) is 8.11. The van der Waals surface area contributed by atoms with Gasteiger partial charge in [-0.1, -0.05) is 13.3 Å². The Morgan fingerprint density at radius 2 is 2.18 bits per heavy atom. The second-order valence-electron chi connectivity index (χ2n) is 5.09. The van der Waals surface area contributed by atoms with Crippen LogP contribution in [0.5, 0.6) is 0 Å². The molecule has 0 aliphatic heterocycles. The summed E-state index contributed by atoms with van der Waals surface area (Å²) in [6.07, 6.45) is 4.26. The molecule has 1 heterocycles. The van der Waals surface area contributed by atoms with Crippen LogP contribution >= 0.6 is 15.9 Å². The number of aromatic nitrogens is 2. The van der Waals surface area contributed by atoms with Gasteiger partial charge in [-0.2, -0.15) is 5.10 Å². The summed E-state index contributed by atoms with van der Waals surface area (Å²) in [6, 6.07) is 0. The van der Waals surface area contributed by atoms with Gasteiger partial charge in [-0.25, -0.2) is 0 Å². The van der Waals surface area contributed by atoms with Crippen LogP contribution < -0.4 is 0 Å². The SMILES string of the molecule is CCN(Cc1c(Br)c(C)nn1C)CC1CCC1. The summed E-state index contributed by atoms with van der Waals surface area (Å²) in [5.41, 5.74) is 2.38. The molecule has 1 aliphatic rings. The molecule has 1 saturated carbocycles. The van der Waals surface area contributed by atoms with Crippen LogP contribution in [0, 0.1) is 12.8 Å². The van der Waals surface area contributed by atoms with E-state index in [0.29, 0.717) is 0 Å². The van der Waals surface area contributed by atoms with Crippen molar-refractivity contribution in [3.05, 3.63) is 15.9 Å². The first-order valence-electron chi connectivity index (χ1n) is 6.52. The van der Waals surface area contributed by atoms with E-state index in [-0.39, 0.29) is 0 Å². The molecule has 0 bridgehead atoms. The highest BCUT2D eigenvalue weighted by molar-refractivity contribution is 9.10. The Hall–Kier alpha value is -0.350. The van der Waals surface area contributed by atoms with Crippen LogP contribution in [0.25, 0.3) is 0 Å². The lowest BCUT2D eigenvalue weighted by molar-refractivity contribution is 0.175. The number of rotatable bonds is 5. The van der Waals surface area contributed by atoms with Crippen LogP contribution in [0.15, 0.2) is 4.47 Å². The summed E-state index contributed by atoms with van der Waals surface area (Å²) >= 11 is 3.65. The Kier molecular flexibility index (Phi) is 4.26. The molecule has 1 fully saturated rings. The summed E-state index contributed by atoms with van der Waals surface area (Å²) in [6.45, 7) is 7.66. The third-order valence-electron chi connectivity index (χ3n) is 3.82. The zero-order chi connectivity index (χ0) is 12.4. The summed E-state index contributed by atoms with van der Waals surface area (Å²) in [7, 11) is 2.03. The molecule has 0 atom stereocenters. The Bertz CT molecular complexity index is 382. The summed E-state index contributed by atoms with van der Waals surface area (Å²) < 4.78 is 3.18. The minimum Gasteiger partial charge on any atom is -0.297 e. The second kappa shape index (κ2) is 5.53.